The minimum absolute atomic E-state index is 0.0839. The predicted octanol–water partition coefficient (Wildman–Crippen LogP) is 1.45. The molecule has 0 aliphatic carbocycles. The van der Waals surface area contributed by atoms with Gasteiger partial charge in [-0.15, -0.1) is 0 Å². The van der Waals surface area contributed by atoms with Gasteiger partial charge in [0, 0.05) is 26.6 Å². The van der Waals surface area contributed by atoms with Gasteiger partial charge in [-0.2, -0.15) is 0 Å². The van der Waals surface area contributed by atoms with Crippen LogP contribution in [-0.2, 0) is 11.3 Å². The number of hydrogen-bond donors (Lipinski definition) is 2. The molecule has 0 saturated carbocycles. The number of ether oxygens (including phenoxy) is 1. The van der Waals surface area contributed by atoms with Crippen molar-refractivity contribution in [2.24, 2.45) is 0 Å². The van der Waals surface area contributed by atoms with Gasteiger partial charge in [0.2, 0.25) is 5.91 Å². The molecule has 1 aliphatic heterocycles. The van der Waals surface area contributed by atoms with Crippen molar-refractivity contribution in [3.8, 4) is 5.75 Å². The summed E-state index contributed by atoms with van der Waals surface area (Å²) >= 11 is 0. The SMILES string of the molecule is COc1ccc(CN2CCCNCC2)cc1NC(C)=O. The quantitative estimate of drug-likeness (QED) is 0.874. The predicted molar refractivity (Wildman–Crippen MR) is 80.1 cm³/mol. The largest absolute Gasteiger partial charge is 0.495 e. The molecule has 0 unspecified atom stereocenters. The molecule has 1 amide bonds. The monoisotopic (exact) mass is 277 g/mol. The minimum Gasteiger partial charge on any atom is -0.495 e. The molecule has 1 aromatic carbocycles. The van der Waals surface area contributed by atoms with Gasteiger partial charge in [0.1, 0.15) is 5.75 Å². The standard InChI is InChI=1S/C15H23N3O2/c1-12(19)17-14-10-13(4-5-15(14)20-2)11-18-8-3-6-16-7-9-18/h4-5,10,16H,3,6-9,11H2,1-2H3,(H,17,19). The van der Waals surface area contributed by atoms with Crippen molar-refractivity contribution in [2.75, 3.05) is 38.6 Å². The minimum atomic E-state index is -0.0839. The van der Waals surface area contributed by atoms with Crippen molar-refractivity contribution in [3.63, 3.8) is 0 Å². The zero-order chi connectivity index (χ0) is 14.4. The number of carbonyl (C=O) groups is 1. The fraction of sp³-hybridized carbons (Fsp3) is 0.533. The van der Waals surface area contributed by atoms with E-state index in [9.17, 15) is 4.79 Å². The Morgan fingerprint density at radius 3 is 3.00 bits per heavy atom. The molecule has 1 aromatic rings. The Morgan fingerprint density at radius 1 is 1.40 bits per heavy atom. The van der Waals surface area contributed by atoms with E-state index in [1.807, 2.05) is 12.1 Å². The molecular formula is C15H23N3O2. The lowest BCUT2D eigenvalue weighted by molar-refractivity contribution is -0.114. The van der Waals surface area contributed by atoms with Gasteiger partial charge in [0.15, 0.2) is 0 Å². The maximum Gasteiger partial charge on any atom is 0.221 e. The topological polar surface area (TPSA) is 53.6 Å². The third-order valence-corrected chi connectivity index (χ3v) is 3.41. The zero-order valence-electron chi connectivity index (χ0n) is 12.2. The van der Waals surface area contributed by atoms with E-state index in [4.69, 9.17) is 4.74 Å². The van der Waals surface area contributed by atoms with E-state index in [0.29, 0.717) is 5.75 Å². The molecule has 1 fully saturated rings. The van der Waals surface area contributed by atoms with Crippen molar-refractivity contribution < 1.29 is 9.53 Å². The van der Waals surface area contributed by atoms with Crippen molar-refractivity contribution in [1.29, 1.82) is 0 Å². The first kappa shape index (κ1) is 14.8. The van der Waals surface area contributed by atoms with E-state index in [-0.39, 0.29) is 5.91 Å². The summed E-state index contributed by atoms with van der Waals surface area (Å²) in [4.78, 5) is 13.7. The van der Waals surface area contributed by atoms with Crippen LogP contribution in [0.4, 0.5) is 5.69 Å². The van der Waals surface area contributed by atoms with Crippen LogP contribution in [0.3, 0.4) is 0 Å². The second kappa shape index (κ2) is 7.26. The highest BCUT2D eigenvalue weighted by Gasteiger charge is 2.11. The number of anilines is 1. The Morgan fingerprint density at radius 2 is 2.25 bits per heavy atom. The molecule has 1 heterocycles. The molecule has 110 valence electrons. The van der Waals surface area contributed by atoms with Crippen LogP contribution in [0.25, 0.3) is 0 Å². The smallest absolute Gasteiger partial charge is 0.221 e. The highest BCUT2D eigenvalue weighted by atomic mass is 16.5. The first-order chi connectivity index (χ1) is 9.69. The van der Waals surface area contributed by atoms with Crippen LogP contribution in [0.5, 0.6) is 5.75 Å². The van der Waals surface area contributed by atoms with E-state index in [0.717, 1.165) is 38.4 Å². The summed E-state index contributed by atoms with van der Waals surface area (Å²) in [6, 6.07) is 5.97. The lowest BCUT2D eigenvalue weighted by Gasteiger charge is -2.20. The van der Waals surface area contributed by atoms with Crippen LogP contribution >= 0.6 is 0 Å². The molecule has 5 heteroatoms. The summed E-state index contributed by atoms with van der Waals surface area (Å²) < 4.78 is 5.27. The van der Waals surface area contributed by atoms with Crippen LogP contribution in [0.2, 0.25) is 0 Å². The van der Waals surface area contributed by atoms with Gasteiger partial charge in [-0.25, -0.2) is 0 Å². The molecule has 5 nitrogen and oxygen atoms in total. The Hall–Kier alpha value is -1.59. The van der Waals surface area contributed by atoms with E-state index in [1.54, 1.807) is 7.11 Å². The number of hydrogen-bond acceptors (Lipinski definition) is 4. The fourth-order valence-corrected chi connectivity index (χ4v) is 2.46. The van der Waals surface area contributed by atoms with Gasteiger partial charge in [-0.3, -0.25) is 9.69 Å². The molecule has 0 spiro atoms. The first-order valence-corrected chi connectivity index (χ1v) is 7.06. The summed E-state index contributed by atoms with van der Waals surface area (Å²) in [5, 5.41) is 6.22. The zero-order valence-corrected chi connectivity index (χ0v) is 12.2. The molecule has 0 radical (unpaired) electrons. The number of benzene rings is 1. The number of amides is 1. The van der Waals surface area contributed by atoms with Crippen molar-refractivity contribution in [3.05, 3.63) is 23.8 Å². The molecule has 1 aliphatic rings. The van der Waals surface area contributed by atoms with Gasteiger partial charge in [-0.05, 0) is 37.2 Å². The van der Waals surface area contributed by atoms with Gasteiger partial charge < -0.3 is 15.4 Å². The Kier molecular flexibility index (Phi) is 5.38. The number of rotatable bonds is 4. The van der Waals surface area contributed by atoms with Gasteiger partial charge in [0.25, 0.3) is 0 Å². The highest BCUT2D eigenvalue weighted by Crippen LogP contribution is 2.26. The summed E-state index contributed by atoms with van der Waals surface area (Å²) in [5.74, 6) is 0.612. The molecule has 1 saturated heterocycles. The second-order valence-corrected chi connectivity index (χ2v) is 5.10. The summed E-state index contributed by atoms with van der Waals surface area (Å²) in [5.41, 5.74) is 1.93. The lowest BCUT2D eigenvalue weighted by atomic mass is 10.1. The van der Waals surface area contributed by atoms with E-state index >= 15 is 0 Å². The summed E-state index contributed by atoms with van der Waals surface area (Å²) in [7, 11) is 1.61. The average molecular weight is 277 g/mol. The number of nitrogens with one attached hydrogen (secondary N) is 2. The van der Waals surface area contributed by atoms with Crippen molar-refractivity contribution in [2.45, 2.75) is 19.9 Å². The molecule has 20 heavy (non-hydrogen) atoms. The van der Waals surface area contributed by atoms with Gasteiger partial charge in [-0.1, -0.05) is 6.07 Å². The van der Waals surface area contributed by atoms with Gasteiger partial charge in [0.05, 0.1) is 12.8 Å². The molecular weight excluding hydrogens is 254 g/mol. The van der Waals surface area contributed by atoms with Crippen LogP contribution in [0.1, 0.15) is 18.9 Å². The summed E-state index contributed by atoms with van der Waals surface area (Å²) in [6.07, 6.45) is 1.18. The number of nitrogens with zero attached hydrogens (tertiary/aromatic N) is 1. The second-order valence-electron chi connectivity index (χ2n) is 5.10. The molecule has 2 rings (SSSR count). The van der Waals surface area contributed by atoms with Crippen LogP contribution in [0.15, 0.2) is 18.2 Å². The summed E-state index contributed by atoms with van der Waals surface area (Å²) in [6.45, 7) is 6.70. The molecule has 0 aromatic heterocycles. The maximum atomic E-state index is 11.2. The average Bonchev–Trinajstić information content (AvgIpc) is 2.67. The maximum absolute atomic E-state index is 11.2. The third kappa shape index (κ3) is 4.21. The fourth-order valence-electron chi connectivity index (χ4n) is 2.46. The Bertz CT molecular complexity index is 454. The molecule has 0 bridgehead atoms. The van der Waals surface area contributed by atoms with E-state index in [1.165, 1.54) is 18.9 Å². The number of methoxy groups -OCH3 is 1. The Balaban J connectivity index is 2.08. The highest BCUT2D eigenvalue weighted by molar-refractivity contribution is 5.90. The van der Waals surface area contributed by atoms with Crippen LogP contribution in [0, 0.1) is 0 Å². The number of carbonyl (C=O) groups excluding carboxylic acids is 1. The lowest BCUT2D eigenvalue weighted by Crippen LogP contribution is -2.27. The van der Waals surface area contributed by atoms with Crippen molar-refractivity contribution >= 4 is 11.6 Å². The molecule has 0 atom stereocenters. The third-order valence-electron chi connectivity index (χ3n) is 3.41. The molecule has 2 N–H and O–H groups in total. The Labute approximate surface area is 120 Å². The van der Waals surface area contributed by atoms with Crippen LogP contribution in [-0.4, -0.2) is 44.1 Å². The van der Waals surface area contributed by atoms with E-state index < -0.39 is 0 Å². The normalized spacial score (nSPS) is 16.5. The van der Waals surface area contributed by atoms with E-state index in [2.05, 4.69) is 21.6 Å². The van der Waals surface area contributed by atoms with Crippen LogP contribution < -0.4 is 15.4 Å². The van der Waals surface area contributed by atoms with Crippen molar-refractivity contribution in [1.82, 2.24) is 10.2 Å². The van der Waals surface area contributed by atoms with Gasteiger partial charge >= 0.3 is 0 Å². The first-order valence-electron chi connectivity index (χ1n) is 7.06.